The number of rotatable bonds is 12. The van der Waals surface area contributed by atoms with Gasteiger partial charge in [-0.05, 0) is 66.8 Å². The number of hydrogen-bond acceptors (Lipinski definition) is 7. The number of nitrogens with one attached hydrogen (secondary N) is 1. The zero-order valence-corrected chi connectivity index (χ0v) is 23.4. The Labute approximate surface area is 242 Å². The summed E-state index contributed by atoms with van der Waals surface area (Å²) in [6.07, 6.45) is -1.22. The van der Waals surface area contributed by atoms with Crippen molar-refractivity contribution in [3.05, 3.63) is 83.9 Å². The molecule has 6 N–H and O–H groups in total. The van der Waals surface area contributed by atoms with E-state index in [0.717, 1.165) is 0 Å². The lowest BCUT2D eigenvalue weighted by Crippen LogP contribution is -2.22. The Bertz CT molecular complexity index is 1540. The van der Waals surface area contributed by atoms with E-state index in [1.807, 2.05) is 24.5 Å². The van der Waals surface area contributed by atoms with Crippen molar-refractivity contribution in [1.29, 1.82) is 0 Å². The molecule has 2 aromatic heterocycles. The van der Waals surface area contributed by atoms with E-state index < -0.39 is 36.3 Å². The van der Waals surface area contributed by atoms with Crippen molar-refractivity contribution in [3.8, 4) is 22.5 Å². The molecule has 0 radical (unpaired) electrons. The van der Waals surface area contributed by atoms with E-state index in [4.69, 9.17) is 10.8 Å². The number of aliphatic hydroxyl groups excluding tert-OH is 2. The third-order valence-corrected chi connectivity index (χ3v) is 6.80. The maximum Gasteiger partial charge on any atom is 0.305 e. The fourth-order valence-corrected chi connectivity index (χ4v) is 5.08. The van der Waals surface area contributed by atoms with E-state index in [1.165, 1.54) is 18.3 Å². The molecule has 0 fully saturated rings. The molecule has 0 bridgehead atoms. The predicted molar refractivity (Wildman–Crippen MR) is 157 cm³/mol. The van der Waals surface area contributed by atoms with Crippen LogP contribution in [0.15, 0.2) is 66.9 Å². The molecule has 0 saturated heterocycles. The molecule has 1 amide bonds. The number of para-hydroxylation sites is 1. The fraction of sp³-hybridized carbons (Fsp3) is 0.290. The lowest BCUT2D eigenvalue weighted by Gasteiger charge is -2.20. The molecule has 220 valence electrons. The Kier molecular flexibility index (Phi) is 9.66. The van der Waals surface area contributed by atoms with Crippen molar-refractivity contribution in [2.24, 2.45) is 0 Å². The molecule has 10 nitrogen and oxygen atoms in total. The van der Waals surface area contributed by atoms with Crippen molar-refractivity contribution in [2.75, 3.05) is 11.1 Å². The van der Waals surface area contributed by atoms with Crippen LogP contribution in [0.4, 0.5) is 16.0 Å². The highest BCUT2D eigenvalue weighted by atomic mass is 19.1. The van der Waals surface area contributed by atoms with E-state index in [9.17, 15) is 24.2 Å². The zero-order chi connectivity index (χ0) is 30.4. The molecule has 0 saturated carbocycles. The first-order valence-electron chi connectivity index (χ1n) is 13.6. The molecule has 2 heterocycles. The lowest BCUT2D eigenvalue weighted by molar-refractivity contribution is -0.139. The average molecular weight is 576 g/mol. The molecule has 2 atom stereocenters. The highest BCUT2D eigenvalue weighted by molar-refractivity contribution is 6.12. The molecule has 0 unspecified atom stereocenters. The SMILES string of the molecule is CC(C)c1c(C(=O)Nc2ccccc2)c(-c2ccnc(N)n2)c(-c2ccc(F)cc2)n1CC[C@@H](O)C[C@@H](O)CC(=O)O. The van der Waals surface area contributed by atoms with Crippen LogP contribution >= 0.6 is 0 Å². The summed E-state index contributed by atoms with van der Waals surface area (Å²) in [7, 11) is 0. The van der Waals surface area contributed by atoms with Gasteiger partial charge in [0, 0.05) is 29.7 Å². The summed E-state index contributed by atoms with van der Waals surface area (Å²) in [4.78, 5) is 33.5. The van der Waals surface area contributed by atoms with Crippen LogP contribution in [0, 0.1) is 5.82 Å². The van der Waals surface area contributed by atoms with Gasteiger partial charge in [0.2, 0.25) is 5.95 Å². The van der Waals surface area contributed by atoms with Crippen LogP contribution in [-0.2, 0) is 11.3 Å². The van der Waals surface area contributed by atoms with Crippen LogP contribution in [0.25, 0.3) is 22.5 Å². The van der Waals surface area contributed by atoms with Crippen LogP contribution in [-0.4, -0.2) is 53.9 Å². The molecule has 0 aliphatic carbocycles. The summed E-state index contributed by atoms with van der Waals surface area (Å²) in [6, 6.07) is 16.5. The standard InChI is InChI=1S/C31H34FN5O5/c1-18(2)28-27(30(42)35-21-6-4-3-5-7-21)26(24-12-14-34-31(33)36-24)29(19-8-10-20(32)11-9-19)37(28)15-13-22(38)16-23(39)17-25(40)41/h3-12,14,18,22-23,38-39H,13,15-17H2,1-2H3,(H,35,42)(H,40,41)(H2,33,34,36)/t22-,23-/m1/s1. The van der Waals surface area contributed by atoms with Gasteiger partial charge in [0.05, 0.1) is 35.6 Å². The van der Waals surface area contributed by atoms with E-state index >= 15 is 0 Å². The number of aromatic nitrogens is 3. The molecule has 4 aromatic rings. The number of carbonyl (C=O) groups is 2. The summed E-state index contributed by atoms with van der Waals surface area (Å²) >= 11 is 0. The van der Waals surface area contributed by atoms with Crippen molar-refractivity contribution in [3.63, 3.8) is 0 Å². The smallest absolute Gasteiger partial charge is 0.305 e. The average Bonchev–Trinajstić information content (AvgIpc) is 3.28. The van der Waals surface area contributed by atoms with Crippen LogP contribution in [0.1, 0.15) is 55.1 Å². The quantitative estimate of drug-likeness (QED) is 0.162. The van der Waals surface area contributed by atoms with Crippen LogP contribution in [0.5, 0.6) is 0 Å². The van der Waals surface area contributed by atoms with Gasteiger partial charge in [0.25, 0.3) is 5.91 Å². The number of nitrogens with two attached hydrogens (primary N) is 1. The Morgan fingerprint density at radius 2 is 1.71 bits per heavy atom. The summed E-state index contributed by atoms with van der Waals surface area (Å²) in [5, 5.41) is 32.7. The first-order valence-corrected chi connectivity index (χ1v) is 13.6. The molecule has 11 heteroatoms. The van der Waals surface area contributed by atoms with Gasteiger partial charge in [0.1, 0.15) is 5.82 Å². The fourth-order valence-electron chi connectivity index (χ4n) is 5.08. The van der Waals surface area contributed by atoms with Crippen LogP contribution in [0.2, 0.25) is 0 Å². The van der Waals surface area contributed by atoms with E-state index in [-0.39, 0.29) is 31.3 Å². The second kappa shape index (κ2) is 13.4. The molecular weight excluding hydrogens is 541 g/mol. The van der Waals surface area contributed by atoms with Crippen LogP contribution in [0.3, 0.4) is 0 Å². The van der Waals surface area contributed by atoms with Gasteiger partial charge in [-0.15, -0.1) is 0 Å². The minimum absolute atomic E-state index is 0.00802. The Morgan fingerprint density at radius 3 is 2.33 bits per heavy atom. The highest BCUT2D eigenvalue weighted by Crippen LogP contribution is 2.42. The normalized spacial score (nSPS) is 12.7. The predicted octanol–water partition coefficient (Wildman–Crippen LogP) is 4.69. The van der Waals surface area contributed by atoms with Gasteiger partial charge in [-0.3, -0.25) is 9.59 Å². The number of aliphatic carboxylic acids is 1. The number of carboxylic acids is 1. The zero-order valence-electron chi connectivity index (χ0n) is 23.4. The second-order valence-corrected chi connectivity index (χ2v) is 10.3. The second-order valence-electron chi connectivity index (χ2n) is 10.3. The van der Waals surface area contributed by atoms with Crippen molar-refractivity contribution < 1.29 is 29.3 Å². The molecule has 42 heavy (non-hydrogen) atoms. The number of anilines is 2. The van der Waals surface area contributed by atoms with Crippen molar-refractivity contribution in [2.45, 2.75) is 57.8 Å². The Morgan fingerprint density at radius 1 is 1.02 bits per heavy atom. The molecule has 0 spiro atoms. The first kappa shape index (κ1) is 30.4. The summed E-state index contributed by atoms with van der Waals surface area (Å²) in [5.41, 5.74) is 9.55. The van der Waals surface area contributed by atoms with Gasteiger partial charge < -0.3 is 30.9 Å². The maximum absolute atomic E-state index is 14.1. The number of aliphatic hydroxyl groups is 2. The largest absolute Gasteiger partial charge is 0.481 e. The molecule has 4 rings (SSSR count). The number of carboxylic acid groups (broad SMARTS) is 1. The number of hydrogen-bond donors (Lipinski definition) is 5. The number of nitrogens with zero attached hydrogens (tertiary/aromatic N) is 3. The van der Waals surface area contributed by atoms with Crippen molar-refractivity contribution >= 4 is 23.5 Å². The number of halogens is 1. The van der Waals surface area contributed by atoms with Crippen LogP contribution < -0.4 is 11.1 Å². The van der Waals surface area contributed by atoms with E-state index in [2.05, 4.69) is 15.3 Å². The van der Waals surface area contributed by atoms with Crippen molar-refractivity contribution in [1.82, 2.24) is 14.5 Å². The first-order chi connectivity index (χ1) is 20.0. The third kappa shape index (κ3) is 7.17. The summed E-state index contributed by atoms with van der Waals surface area (Å²) < 4.78 is 15.9. The highest BCUT2D eigenvalue weighted by Gasteiger charge is 2.31. The van der Waals surface area contributed by atoms with Gasteiger partial charge in [-0.2, -0.15) is 0 Å². The number of carbonyl (C=O) groups excluding carboxylic acids is 1. The topological polar surface area (TPSA) is 164 Å². The molecular formula is C31H34FN5O5. The number of nitrogen functional groups attached to an aromatic ring is 1. The summed E-state index contributed by atoms with van der Waals surface area (Å²) in [6.45, 7) is 4.07. The van der Waals surface area contributed by atoms with E-state index in [1.54, 1.807) is 42.5 Å². The molecule has 0 aliphatic rings. The van der Waals surface area contributed by atoms with Gasteiger partial charge >= 0.3 is 5.97 Å². The van der Waals surface area contributed by atoms with Gasteiger partial charge in [-0.25, -0.2) is 14.4 Å². The lowest BCUT2D eigenvalue weighted by atomic mass is 9.97. The monoisotopic (exact) mass is 575 g/mol. The van der Waals surface area contributed by atoms with Gasteiger partial charge in [-0.1, -0.05) is 32.0 Å². The number of amides is 1. The minimum atomic E-state index is -1.21. The van der Waals surface area contributed by atoms with E-state index in [0.29, 0.717) is 39.5 Å². The summed E-state index contributed by atoms with van der Waals surface area (Å²) in [5.74, 6) is -2.17. The Balaban J connectivity index is 1.92. The molecule has 0 aliphatic heterocycles. The van der Waals surface area contributed by atoms with Gasteiger partial charge in [0.15, 0.2) is 0 Å². The number of benzene rings is 2. The Hall–Kier alpha value is -4.61. The molecule has 2 aromatic carbocycles. The maximum atomic E-state index is 14.1. The minimum Gasteiger partial charge on any atom is -0.481 e. The third-order valence-electron chi connectivity index (χ3n) is 6.80.